The minimum absolute atomic E-state index is 0.0706. The summed E-state index contributed by atoms with van der Waals surface area (Å²) in [6.07, 6.45) is -7.51. The molecular formula is C15H20F3N3O6S. The van der Waals surface area contributed by atoms with Crippen LogP contribution in [0.4, 0.5) is 22.8 Å². The highest BCUT2D eigenvalue weighted by atomic mass is 32.2. The molecule has 0 saturated heterocycles. The van der Waals surface area contributed by atoms with Crippen molar-refractivity contribution in [3.8, 4) is 0 Å². The Morgan fingerprint density at radius 1 is 1.21 bits per heavy atom. The van der Waals surface area contributed by atoms with Crippen LogP contribution in [0, 0.1) is 0 Å². The Morgan fingerprint density at radius 2 is 1.82 bits per heavy atom. The van der Waals surface area contributed by atoms with E-state index in [1.165, 1.54) is 10.8 Å². The Labute approximate surface area is 159 Å². The number of nitrogens with one attached hydrogen (secondary N) is 3. The molecule has 0 aliphatic rings. The molecule has 158 valence electrons. The highest BCUT2D eigenvalue weighted by Crippen LogP contribution is 2.30. The molecule has 0 bridgehead atoms. The van der Waals surface area contributed by atoms with Gasteiger partial charge in [0.15, 0.2) is 0 Å². The molecule has 0 aliphatic heterocycles. The fourth-order valence-corrected chi connectivity index (χ4v) is 2.67. The van der Waals surface area contributed by atoms with E-state index in [0.717, 1.165) is 18.2 Å². The summed E-state index contributed by atoms with van der Waals surface area (Å²) in [6.45, 7) is 4.05. The van der Waals surface area contributed by atoms with Crippen molar-refractivity contribution in [2.24, 2.45) is 0 Å². The van der Waals surface area contributed by atoms with Gasteiger partial charge in [-0.05, 0) is 38.5 Å². The van der Waals surface area contributed by atoms with Gasteiger partial charge < -0.3 is 15.2 Å². The molecule has 0 aromatic heterocycles. The molecule has 13 heteroatoms. The van der Waals surface area contributed by atoms with Gasteiger partial charge in [-0.2, -0.15) is 26.3 Å². The van der Waals surface area contributed by atoms with E-state index in [1.54, 1.807) is 20.8 Å². The molecule has 1 aromatic rings. The largest absolute Gasteiger partial charge is 0.464 e. The van der Waals surface area contributed by atoms with Crippen molar-refractivity contribution < 1.29 is 41.0 Å². The summed E-state index contributed by atoms with van der Waals surface area (Å²) >= 11 is 0. The number of amides is 2. The fraction of sp³-hybridized carbons (Fsp3) is 0.467. The van der Waals surface area contributed by atoms with E-state index >= 15 is 0 Å². The molecular weight excluding hydrogens is 407 g/mol. The molecule has 0 saturated carbocycles. The van der Waals surface area contributed by atoms with Gasteiger partial charge in [0.05, 0.1) is 11.6 Å². The molecule has 28 heavy (non-hydrogen) atoms. The van der Waals surface area contributed by atoms with Crippen LogP contribution in [-0.2, 0) is 21.1 Å². The number of carboxylic acid groups (broad SMARTS) is 1. The topological polar surface area (TPSA) is 134 Å². The average Bonchev–Trinajstić information content (AvgIpc) is 2.47. The lowest BCUT2D eigenvalue weighted by atomic mass is 10.0. The maximum Gasteiger partial charge on any atom is 0.419 e. The maximum absolute atomic E-state index is 12.9. The van der Waals surface area contributed by atoms with E-state index in [4.69, 9.17) is 9.84 Å². The second-order valence-corrected chi connectivity index (χ2v) is 8.08. The number of rotatable bonds is 6. The van der Waals surface area contributed by atoms with Gasteiger partial charge in [-0.15, -0.1) is 0 Å². The van der Waals surface area contributed by atoms with Gasteiger partial charge in [-0.25, -0.2) is 14.3 Å². The molecule has 1 aromatic carbocycles. The summed E-state index contributed by atoms with van der Waals surface area (Å²) in [6, 6.07) is 2.61. The van der Waals surface area contributed by atoms with Crippen LogP contribution in [0.3, 0.4) is 0 Å². The third-order valence-electron chi connectivity index (χ3n) is 3.01. The fourth-order valence-electron chi connectivity index (χ4n) is 1.98. The van der Waals surface area contributed by atoms with Crippen LogP contribution in [0.1, 0.15) is 37.9 Å². The van der Waals surface area contributed by atoms with Gasteiger partial charge in [0.1, 0.15) is 5.60 Å². The van der Waals surface area contributed by atoms with Crippen LogP contribution in [0.15, 0.2) is 24.3 Å². The summed E-state index contributed by atoms with van der Waals surface area (Å²) in [7, 11) is -4.51. The molecule has 0 radical (unpaired) electrons. The molecule has 4 N–H and O–H groups in total. The number of halogens is 3. The maximum atomic E-state index is 12.9. The molecule has 1 atom stereocenters. The van der Waals surface area contributed by atoms with Crippen molar-refractivity contribution in [2.45, 2.75) is 38.6 Å². The number of carbonyl (C=O) groups is 2. The van der Waals surface area contributed by atoms with Gasteiger partial charge >= 0.3 is 28.6 Å². The zero-order valence-electron chi connectivity index (χ0n) is 15.1. The quantitative estimate of drug-likeness (QED) is 0.551. The lowest BCUT2D eigenvalue weighted by Crippen LogP contribution is -2.45. The first kappa shape index (κ1) is 23.5. The number of hydrogen-bond donors (Lipinski definition) is 4. The van der Waals surface area contributed by atoms with Gasteiger partial charge in [0.25, 0.3) is 0 Å². The third kappa shape index (κ3) is 8.43. The first-order chi connectivity index (χ1) is 12.6. The van der Waals surface area contributed by atoms with Gasteiger partial charge in [0.2, 0.25) is 0 Å². The summed E-state index contributed by atoms with van der Waals surface area (Å²) in [5.41, 5.74) is -1.99. The van der Waals surface area contributed by atoms with E-state index in [0.29, 0.717) is 0 Å². The predicted molar refractivity (Wildman–Crippen MR) is 91.6 cm³/mol. The van der Waals surface area contributed by atoms with Crippen LogP contribution < -0.4 is 14.8 Å². The second-order valence-electron chi connectivity index (χ2n) is 6.58. The van der Waals surface area contributed by atoms with Crippen molar-refractivity contribution in [3.05, 3.63) is 35.4 Å². The monoisotopic (exact) mass is 427 g/mol. The highest BCUT2D eigenvalue weighted by Gasteiger charge is 2.31. The van der Waals surface area contributed by atoms with Crippen molar-refractivity contribution >= 4 is 22.4 Å². The zero-order valence-corrected chi connectivity index (χ0v) is 15.9. The smallest absolute Gasteiger partial charge is 0.419 e. The summed E-state index contributed by atoms with van der Waals surface area (Å²) in [5, 5.41) is 10.7. The van der Waals surface area contributed by atoms with Crippen molar-refractivity contribution in [1.82, 2.24) is 14.8 Å². The lowest BCUT2D eigenvalue weighted by molar-refractivity contribution is -0.137. The van der Waals surface area contributed by atoms with Crippen LogP contribution in [0.2, 0.25) is 0 Å². The molecule has 9 nitrogen and oxygen atoms in total. The van der Waals surface area contributed by atoms with Crippen molar-refractivity contribution in [1.29, 1.82) is 0 Å². The third-order valence-corrected chi connectivity index (χ3v) is 4.00. The summed E-state index contributed by atoms with van der Waals surface area (Å²) in [4.78, 5) is 22.5. The Bertz CT molecular complexity index is 821. The average molecular weight is 427 g/mol. The van der Waals surface area contributed by atoms with E-state index in [-0.39, 0.29) is 5.56 Å². The van der Waals surface area contributed by atoms with Crippen LogP contribution in [-0.4, -0.2) is 37.9 Å². The molecule has 0 heterocycles. The summed E-state index contributed by atoms with van der Waals surface area (Å²) in [5.74, 6) is 0. The van der Waals surface area contributed by atoms with E-state index in [2.05, 4.69) is 5.32 Å². The SMILES string of the molecule is CC(C)(C)OC(=O)NC(CNS(=O)(=O)NC(=O)O)c1cccc(C(F)(F)F)c1. The van der Waals surface area contributed by atoms with Crippen LogP contribution in [0.5, 0.6) is 0 Å². The Hall–Kier alpha value is -2.54. The van der Waals surface area contributed by atoms with Crippen molar-refractivity contribution in [3.63, 3.8) is 0 Å². The number of alkyl carbamates (subject to hydrolysis) is 1. The van der Waals surface area contributed by atoms with Crippen molar-refractivity contribution in [2.75, 3.05) is 6.54 Å². The standard InChI is InChI=1S/C15H20F3N3O6S/c1-14(2,3)27-13(24)20-11(8-19-28(25,26)21-12(22)23)9-5-4-6-10(7-9)15(16,17)18/h4-7,11,19,21H,8H2,1-3H3,(H,20,24)(H,22,23). The normalized spacial score (nSPS) is 13.5. The molecule has 1 unspecified atom stereocenters. The number of carbonyl (C=O) groups excluding carboxylic acids is 1. The van der Waals surface area contributed by atoms with Gasteiger partial charge in [0, 0.05) is 6.54 Å². The van der Waals surface area contributed by atoms with E-state index in [9.17, 15) is 31.2 Å². The number of hydrogen-bond acceptors (Lipinski definition) is 5. The van der Waals surface area contributed by atoms with E-state index in [1.807, 2.05) is 4.72 Å². The second kappa shape index (κ2) is 8.65. The Morgan fingerprint density at radius 3 is 2.32 bits per heavy atom. The molecule has 1 rings (SSSR count). The predicted octanol–water partition coefficient (Wildman–Crippen LogP) is 2.37. The lowest BCUT2D eigenvalue weighted by Gasteiger charge is -2.24. The highest BCUT2D eigenvalue weighted by molar-refractivity contribution is 7.88. The first-order valence-corrected chi connectivity index (χ1v) is 9.24. The minimum atomic E-state index is -4.66. The zero-order chi connectivity index (χ0) is 21.8. The minimum Gasteiger partial charge on any atom is -0.464 e. The number of benzene rings is 1. The molecule has 0 fully saturated rings. The Balaban J connectivity index is 3.11. The van der Waals surface area contributed by atoms with Crippen LogP contribution in [0.25, 0.3) is 0 Å². The van der Waals surface area contributed by atoms with Gasteiger partial charge in [-0.3, -0.25) is 0 Å². The van der Waals surface area contributed by atoms with E-state index < -0.39 is 52.3 Å². The van der Waals surface area contributed by atoms with Crippen LogP contribution >= 0.6 is 0 Å². The van der Waals surface area contributed by atoms with Gasteiger partial charge in [-0.1, -0.05) is 12.1 Å². The Kier molecular flexibility index (Phi) is 7.26. The molecule has 0 spiro atoms. The number of alkyl halides is 3. The summed E-state index contributed by atoms with van der Waals surface area (Å²) < 4.78 is 70.1. The molecule has 2 amide bonds. The first-order valence-electron chi connectivity index (χ1n) is 7.76. The number of ether oxygens (including phenoxy) is 1. The molecule has 0 aliphatic carbocycles.